The molecule has 6 heteroatoms. The molecule has 1 N–H and O–H groups in total. The number of hydrogen-bond donors (Lipinski definition) is 1. The van der Waals surface area contributed by atoms with Crippen LogP contribution in [0.25, 0.3) is 0 Å². The van der Waals surface area contributed by atoms with E-state index in [4.69, 9.17) is 9.47 Å². The molecule has 2 aliphatic heterocycles. The van der Waals surface area contributed by atoms with Crippen LogP contribution in [-0.4, -0.2) is 62.8 Å². The van der Waals surface area contributed by atoms with Crippen LogP contribution in [0.3, 0.4) is 0 Å². The number of nitrogens with zero attached hydrogens (tertiary/aromatic N) is 1. The highest BCUT2D eigenvalue weighted by Crippen LogP contribution is 2.18. The summed E-state index contributed by atoms with van der Waals surface area (Å²) >= 11 is 0. The van der Waals surface area contributed by atoms with Crippen molar-refractivity contribution in [1.29, 1.82) is 0 Å². The first-order chi connectivity index (χ1) is 9.69. The molecule has 0 aromatic carbocycles. The molecule has 20 heavy (non-hydrogen) atoms. The molecule has 0 aliphatic carbocycles. The van der Waals surface area contributed by atoms with Gasteiger partial charge in [0.25, 0.3) is 0 Å². The highest BCUT2D eigenvalue weighted by molar-refractivity contribution is 5.78. The van der Waals surface area contributed by atoms with Gasteiger partial charge in [0, 0.05) is 13.2 Å². The Morgan fingerprint density at radius 3 is 2.65 bits per heavy atom. The van der Waals surface area contributed by atoms with Gasteiger partial charge in [-0.15, -0.1) is 0 Å². The predicted molar refractivity (Wildman–Crippen MR) is 73.2 cm³/mol. The van der Waals surface area contributed by atoms with Gasteiger partial charge >= 0.3 is 5.97 Å². The Kier molecular flexibility index (Phi) is 5.79. The standard InChI is InChI=1S/C14H24N2O4/c1-19-14(18)11-4-6-16(7-5-11)10-13(17)15-9-12-3-2-8-20-12/h11-12H,2-10H2,1H3,(H,15,17). The van der Waals surface area contributed by atoms with Crippen LogP contribution in [0.4, 0.5) is 0 Å². The van der Waals surface area contributed by atoms with Crippen molar-refractivity contribution in [2.75, 3.05) is 39.9 Å². The fourth-order valence-electron chi connectivity index (χ4n) is 2.79. The number of amides is 1. The van der Waals surface area contributed by atoms with Gasteiger partial charge in [0.05, 0.1) is 25.7 Å². The fraction of sp³-hybridized carbons (Fsp3) is 0.857. The molecule has 0 radical (unpaired) electrons. The Labute approximate surface area is 119 Å². The van der Waals surface area contributed by atoms with Crippen molar-refractivity contribution in [3.8, 4) is 0 Å². The zero-order valence-corrected chi connectivity index (χ0v) is 12.1. The largest absolute Gasteiger partial charge is 0.469 e. The van der Waals surface area contributed by atoms with E-state index in [9.17, 15) is 9.59 Å². The van der Waals surface area contributed by atoms with Gasteiger partial charge in [-0.2, -0.15) is 0 Å². The summed E-state index contributed by atoms with van der Waals surface area (Å²) in [5.41, 5.74) is 0. The van der Waals surface area contributed by atoms with Gasteiger partial charge in [0.15, 0.2) is 0 Å². The molecule has 0 bridgehead atoms. The van der Waals surface area contributed by atoms with Crippen molar-refractivity contribution in [2.45, 2.75) is 31.8 Å². The molecule has 0 aromatic heterocycles. The molecular formula is C14H24N2O4. The Balaban J connectivity index is 1.62. The average Bonchev–Trinajstić information content (AvgIpc) is 2.98. The number of hydrogen-bond acceptors (Lipinski definition) is 5. The normalized spacial score (nSPS) is 24.6. The van der Waals surface area contributed by atoms with Crippen LogP contribution in [0.15, 0.2) is 0 Å². The highest BCUT2D eigenvalue weighted by Gasteiger charge is 2.26. The molecule has 6 nitrogen and oxygen atoms in total. The maximum atomic E-state index is 11.8. The lowest BCUT2D eigenvalue weighted by atomic mass is 9.97. The van der Waals surface area contributed by atoms with Crippen molar-refractivity contribution in [3.05, 3.63) is 0 Å². The Morgan fingerprint density at radius 1 is 1.30 bits per heavy atom. The zero-order chi connectivity index (χ0) is 14.4. The van der Waals surface area contributed by atoms with Gasteiger partial charge in [-0.3, -0.25) is 14.5 Å². The van der Waals surface area contributed by atoms with Crippen molar-refractivity contribution in [3.63, 3.8) is 0 Å². The van der Waals surface area contributed by atoms with E-state index < -0.39 is 0 Å². The molecular weight excluding hydrogens is 260 g/mol. The lowest BCUT2D eigenvalue weighted by Crippen LogP contribution is -2.44. The second-order valence-corrected chi connectivity index (χ2v) is 5.51. The Bertz CT molecular complexity index is 334. The molecule has 0 saturated carbocycles. The van der Waals surface area contributed by atoms with Crippen LogP contribution in [0.2, 0.25) is 0 Å². The number of ether oxygens (including phenoxy) is 2. The molecule has 0 aromatic rings. The monoisotopic (exact) mass is 284 g/mol. The van der Waals surface area contributed by atoms with E-state index in [1.807, 2.05) is 0 Å². The van der Waals surface area contributed by atoms with E-state index in [1.165, 1.54) is 7.11 Å². The van der Waals surface area contributed by atoms with Crippen LogP contribution in [0.1, 0.15) is 25.7 Å². The summed E-state index contributed by atoms with van der Waals surface area (Å²) in [6, 6.07) is 0. The molecule has 1 atom stereocenters. The van der Waals surface area contributed by atoms with Gasteiger partial charge in [-0.05, 0) is 38.8 Å². The summed E-state index contributed by atoms with van der Waals surface area (Å²) in [5.74, 6) is -0.101. The van der Waals surface area contributed by atoms with Gasteiger partial charge < -0.3 is 14.8 Å². The predicted octanol–water partition coefficient (Wildman–Crippen LogP) is 0.167. The van der Waals surface area contributed by atoms with Gasteiger partial charge in [-0.25, -0.2) is 0 Å². The maximum Gasteiger partial charge on any atom is 0.308 e. The van der Waals surface area contributed by atoms with E-state index in [1.54, 1.807) is 0 Å². The second kappa shape index (κ2) is 7.59. The number of esters is 1. The van der Waals surface area contributed by atoms with E-state index in [2.05, 4.69) is 10.2 Å². The third-order valence-corrected chi connectivity index (χ3v) is 4.04. The van der Waals surface area contributed by atoms with E-state index in [-0.39, 0.29) is 23.9 Å². The quantitative estimate of drug-likeness (QED) is 0.729. The summed E-state index contributed by atoms with van der Waals surface area (Å²) in [5, 5.41) is 2.92. The van der Waals surface area contributed by atoms with Crippen LogP contribution in [-0.2, 0) is 19.1 Å². The number of rotatable bonds is 5. The van der Waals surface area contributed by atoms with Crippen LogP contribution in [0, 0.1) is 5.92 Å². The minimum Gasteiger partial charge on any atom is -0.469 e. The summed E-state index contributed by atoms with van der Waals surface area (Å²) in [4.78, 5) is 25.3. The maximum absolute atomic E-state index is 11.8. The van der Waals surface area contributed by atoms with Crippen molar-refractivity contribution in [1.82, 2.24) is 10.2 Å². The molecule has 1 amide bonds. The molecule has 2 heterocycles. The summed E-state index contributed by atoms with van der Waals surface area (Å²) in [7, 11) is 1.42. The molecule has 2 rings (SSSR count). The van der Waals surface area contributed by atoms with Crippen molar-refractivity contribution >= 4 is 11.9 Å². The zero-order valence-electron chi connectivity index (χ0n) is 12.1. The minimum absolute atomic E-state index is 0.00815. The SMILES string of the molecule is COC(=O)C1CCN(CC(=O)NCC2CCCO2)CC1. The van der Waals surface area contributed by atoms with Crippen LogP contribution in [0.5, 0.6) is 0 Å². The lowest BCUT2D eigenvalue weighted by molar-refractivity contribution is -0.147. The molecule has 0 spiro atoms. The number of nitrogens with one attached hydrogen (secondary N) is 1. The molecule has 2 saturated heterocycles. The fourth-order valence-corrected chi connectivity index (χ4v) is 2.79. The Morgan fingerprint density at radius 2 is 2.05 bits per heavy atom. The summed E-state index contributed by atoms with van der Waals surface area (Å²) in [6.45, 7) is 3.36. The third-order valence-electron chi connectivity index (χ3n) is 4.04. The average molecular weight is 284 g/mol. The van der Waals surface area contributed by atoms with Crippen molar-refractivity contribution < 1.29 is 19.1 Å². The first-order valence-corrected chi connectivity index (χ1v) is 7.37. The van der Waals surface area contributed by atoms with Crippen LogP contribution < -0.4 is 5.32 Å². The van der Waals surface area contributed by atoms with Crippen LogP contribution >= 0.6 is 0 Å². The first-order valence-electron chi connectivity index (χ1n) is 7.37. The van der Waals surface area contributed by atoms with Gasteiger partial charge in [-0.1, -0.05) is 0 Å². The highest BCUT2D eigenvalue weighted by atomic mass is 16.5. The number of methoxy groups -OCH3 is 1. The molecule has 1 unspecified atom stereocenters. The molecule has 114 valence electrons. The van der Waals surface area contributed by atoms with Gasteiger partial charge in [0.1, 0.15) is 0 Å². The number of likely N-dealkylation sites (tertiary alicyclic amines) is 1. The van der Waals surface area contributed by atoms with Crippen molar-refractivity contribution in [2.24, 2.45) is 5.92 Å². The van der Waals surface area contributed by atoms with E-state index in [0.717, 1.165) is 45.4 Å². The van der Waals surface area contributed by atoms with Gasteiger partial charge in [0.2, 0.25) is 5.91 Å². The number of carbonyl (C=O) groups excluding carboxylic acids is 2. The molecule has 2 fully saturated rings. The Hall–Kier alpha value is -1.14. The topological polar surface area (TPSA) is 67.9 Å². The first kappa shape index (κ1) is 15.3. The summed E-state index contributed by atoms with van der Waals surface area (Å²) in [6.07, 6.45) is 3.84. The van der Waals surface area contributed by atoms with E-state index in [0.29, 0.717) is 13.1 Å². The summed E-state index contributed by atoms with van der Waals surface area (Å²) < 4.78 is 10.2. The number of piperidine rings is 1. The minimum atomic E-state index is -0.132. The van der Waals surface area contributed by atoms with E-state index >= 15 is 0 Å². The lowest BCUT2D eigenvalue weighted by Gasteiger charge is -2.30. The smallest absolute Gasteiger partial charge is 0.308 e. The third kappa shape index (κ3) is 4.45. The second-order valence-electron chi connectivity index (χ2n) is 5.51. The molecule has 2 aliphatic rings. The number of carbonyl (C=O) groups is 2.